The third-order valence-corrected chi connectivity index (χ3v) is 6.59. The largest absolute Gasteiger partial charge is 0.493 e. The fraction of sp³-hybridized carbons (Fsp3) is 0.556. The molecule has 0 radical (unpaired) electrons. The van der Waals surface area contributed by atoms with Gasteiger partial charge in [0, 0.05) is 43.2 Å². The number of epoxide rings is 1. The molecule has 184 valence electrons. The van der Waals surface area contributed by atoms with Crippen LogP contribution in [0.5, 0.6) is 11.5 Å². The normalized spacial score (nSPS) is 23.9. The van der Waals surface area contributed by atoms with Gasteiger partial charge < -0.3 is 33.5 Å². The van der Waals surface area contributed by atoms with Crippen LogP contribution >= 0.6 is 0 Å². The van der Waals surface area contributed by atoms with Crippen LogP contribution in [0.15, 0.2) is 48.5 Å². The molecule has 34 heavy (non-hydrogen) atoms. The molecular weight excluding hydrogens is 432 g/mol. The molecule has 5 rings (SSSR count). The molecule has 7 heteroatoms. The first kappa shape index (κ1) is 23.3. The smallest absolute Gasteiger partial charge is 0.132 e. The Bertz CT molecular complexity index is 894. The van der Waals surface area contributed by atoms with E-state index in [9.17, 15) is 0 Å². The molecule has 0 saturated carbocycles. The molecule has 3 aliphatic heterocycles. The number of rotatable bonds is 13. The Morgan fingerprint density at radius 3 is 1.68 bits per heavy atom. The van der Waals surface area contributed by atoms with Gasteiger partial charge in [0.15, 0.2) is 0 Å². The number of hydrogen-bond donors (Lipinski definition) is 0. The van der Waals surface area contributed by atoms with Crippen LogP contribution in [0, 0.1) is 5.92 Å². The van der Waals surface area contributed by atoms with Crippen LogP contribution in [0.4, 0.5) is 11.4 Å². The molecule has 0 amide bonds. The molecule has 2 aromatic carbocycles. The van der Waals surface area contributed by atoms with E-state index in [1.54, 1.807) is 0 Å². The lowest BCUT2D eigenvalue weighted by molar-refractivity contribution is -0.0517. The van der Waals surface area contributed by atoms with Crippen molar-refractivity contribution in [3.63, 3.8) is 0 Å². The molecule has 3 aliphatic rings. The fourth-order valence-corrected chi connectivity index (χ4v) is 4.27. The lowest BCUT2D eigenvalue weighted by Crippen LogP contribution is -2.46. The molecule has 4 atom stereocenters. The fourth-order valence-electron chi connectivity index (χ4n) is 4.27. The molecule has 3 fully saturated rings. The third-order valence-electron chi connectivity index (χ3n) is 6.59. The highest BCUT2D eigenvalue weighted by Crippen LogP contribution is 2.29. The molecule has 0 bridgehead atoms. The minimum Gasteiger partial charge on any atom is -0.493 e. The molecule has 0 spiro atoms. The van der Waals surface area contributed by atoms with Crippen LogP contribution in [0.1, 0.15) is 26.7 Å². The quantitative estimate of drug-likeness (QED) is 0.406. The number of nitrogens with zero attached hydrogens (tertiary/aromatic N) is 2. The Morgan fingerprint density at radius 2 is 1.26 bits per heavy atom. The van der Waals surface area contributed by atoms with Crippen LogP contribution in [0.3, 0.4) is 0 Å². The van der Waals surface area contributed by atoms with Crippen LogP contribution in [-0.4, -0.2) is 64.7 Å². The summed E-state index contributed by atoms with van der Waals surface area (Å²) in [6.45, 7) is 9.86. The molecule has 0 aliphatic carbocycles. The minimum atomic E-state index is 0.166. The Hall–Kier alpha value is -2.48. The Labute approximate surface area is 202 Å². The molecule has 0 N–H and O–H groups in total. The standard InChI is InChI=1S/C27H36N2O5/c1-3-28(26-12-14-30-26)21-4-8-23(9-5-21)32-17-20(2)18-33-24-10-6-22(7-11-24)29(16-25-19-34-25)27-13-15-31-27/h4-11,20,25-27H,3,12-19H2,1-2H3. The highest BCUT2D eigenvalue weighted by Gasteiger charge is 2.32. The zero-order chi connectivity index (χ0) is 23.3. The predicted octanol–water partition coefficient (Wildman–Crippen LogP) is 4.30. The van der Waals surface area contributed by atoms with Gasteiger partial charge in [-0.2, -0.15) is 0 Å². The van der Waals surface area contributed by atoms with Gasteiger partial charge in [-0.25, -0.2) is 0 Å². The van der Waals surface area contributed by atoms with Gasteiger partial charge >= 0.3 is 0 Å². The predicted molar refractivity (Wildman–Crippen MR) is 132 cm³/mol. The van der Waals surface area contributed by atoms with E-state index in [1.165, 1.54) is 5.69 Å². The zero-order valence-corrected chi connectivity index (χ0v) is 20.2. The molecule has 3 saturated heterocycles. The Morgan fingerprint density at radius 1 is 0.794 bits per heavy atom. The van der Waals surface area contributed by atoms with E-state index in [4.69, 9.17) is 23.7 Å². The summed E-state index contributed by atoms with van der Waals surface area (Å²) < 4.78 is 28.8. The number of benzene rings is 2. The van der Waals surface area contributed by atoms with E-state index in [1.807, 2.05) is 24.3 Å². The number of hydrogen-bond acceptors (Lipinski definition) is 7. The highest BCUT2D eigenvalue weighted by atomic mass is 16.6. The lowest BCUT2D eigenvalue weighted by atomic mass is 10.2. The van der Waals surface area contributed by atoms with Crippen LogP contribution in [-0.2, 0) is 14.2 Å². The summed E-state index contributed by atoms with van der Waals surface area (Å²) in [5.74, 6) is 2.01. The molecule has 2 aromatic rings. The average molecular weight is 469 g/mol. The van der Waals surface area contributed by atoms with Crippen LogP contribution < -0.4 is 19.3 Å². The van der Waals surface area contributed by atoms with E-state index >= 15 is 0 Å². The van der Waals surface area contributed by atoms with Gasteiger partial charge in [-0.05, 0) is 55.5 Å². The van der Waals surface area contributed by atoms with Gasteiger partial charge in [0.25, 0.3) is 0 Å². The van der Waals surface area contributed by atoms with Gasteiger partial charge in [0.05, 0.1) is 39.1 Å². The van der Waals surface area contributed by atoms with Crippen molar-refractivity contribution >= 4 is 11.4 Å². The summed E-state index contributed by atoms with van der Waals surface area (Å²) in [6, 6.07) is 16.6. The van der Waals surface area contributed by atoms with Gasteiger partial charge in [-0.15, -0.1) is 0 Å². The second-order valence-electron chi connectivity index (χ2n) is 9.34. The summed E-state index contributed by atoms with van der Waals surface area (Å²) in [6.07, 6.45) is 2.87. The maximum Gasteiger partial charge on any atom is 0.132 e. The van der Waals surface area contributed by atoms with Crippen LogP contribution in [0.2, 0.25) is 0 Å². The van der Waals surface area contributed by atoms with Crippen molar-refractivity contribution in [1.82, 2.24) is 0 Å². The summed E-state index contributed by atoms with van der Waals surface area (Å²) >= 11 is 0. The summed E-state index contributed by atoms with van der Waals surface area (Å²) in [7, 11) is 0. The molecule has 3 heterocycles. The van der Waals surface area contributed by atoms with E-state index in [0.717, 1.165) is 62.9 Å². The topological polar surface area (TPSA) is 55.9 Å². The summed E-state index contributed by atoms with van der Waals surface area (Å²) in [5, 5.41) is 0. The Balaban J connectivity index is 1.06. The van der Waals surface area contributed by atoms with Gasteiger partial charge in [-0.3, -0.25) is 0 Å². The van der Waals surface area contributed by atoms with Crippen molar-refractivity contribution in [2.24, 2.45) is 5.92 Å². The first-order valence-electron chi connectivity index (χ1n) is 12.5. The van der Waals surface area contributed by atoms with E-state index in [2.05, 4.69) is 47.9 Å². The van der Waals surface area contributed by atoms with Gasteiger partial charge in [-0.1, -0.05) is 6.92 Å². The van der Waals surface area contributed by atoms with E-state index in [-0.39, 0.29) is 18.4 Å². The van der Waals surface area contributed by atoms with E-state index in [0.29, 0.717) is 19.3 Å². The maximum absolute atomic E-state index is 6.02. The van der Waals surface area contributed by atoms with Crippen LogP contribution in [0.25, 0.3) is 0 Å². The first-order valence-corrected chi connectivity index (χ1v) is 12.5. The van der Waals surface area contributed by atoms with Crippen molar-refractivity contribution in [1.29, 1.82) is 0 Å². The second-order valence-corrected chi connectivity index (χ2v) is 9.34. The number of anilines is 2. The highest BCUT2D eigenvalue weighted by molar-refractivity contribution is 5.51. The number of ether oxygens (including phenoxy) is 5. The maximum atomic E-state index is 6.02. The molecule has 7 nitrogen and oxygen atoms in total. The second kappa shape index (κ2) is 10.8. The summed E-state index contributed by atoms with van der Waals surface area (Å²) in [5.41, 5.74) is 2.32. The van der Waals surface area contributed by atoms with Gasteiger partial charge in [0.1, 0.15) is 24.0 Å². The van der Waals surface area contributed by atoms with Crippen molar-refractivity contribution in [2.75, 3.05) is 55.9 Å². The van der Waals surface area contributed by atoms with Crippen molar-refractivity contribution in [2.45, 2.75) is 45.2 Å². The monoisotopic (exact) mass is 468 g/mol. The van der Waals surface area contributed by atoms with Crippen molar-refractivity contribution in [3.05, 3.63) is 48.5 Å². The third kappa shape index (κ3) is 5.77. The summed E-state index contributed by atoms with van der Waals surface area (Å²) in [4.78, 5) is 4.58. The van der Waals surface area contributed by atoms with Gasteiger partial charge in [0.2, 0.25) is 0 Å². The van der Waals surface area contributed by atoms with Crippen molar-refractivity contribution < 1.29 is 23.7 Å². The lowest BCUT2D eigenvalue weighted by Gasteiger charge is -2.38. The van der Waals surface area contributed by atoms with Crippen molar-refractivity contribution in [3.8, 4) is 11.5 Å². The molecule has 0 aromatic heterocycles. The zero-order valence-electron chi connectivity index (χ0n) is 20.2. The SMILES string of the molecule is CCN(c1ccc(OCC(C)COc2ccc(N(CC3CO3)C3CCO3)cc2)cc1)C1CCO1. The molecular formula is C27H36N2O5. The van der Waals surface area contributed by atoms with E-state index < -0.39 is 0 Å². The first-order chi connectivity index (χ1) is 16.7. The Kier molecular flexibility index (Phi) is 7.42. The molecule has 4 unspecified atom stereocenters. The minimum absolute atomic E-state index is 0.166. The average Bonchev–Trinajstić information content (AvgIpc) is 3.62.